The number of Topliss-reactive ketones (excluding diaryl/α,β-unsaturated/α-hetero) is 1. The van der Waals surface area contributed by atoms with Gasteiger partial charge >= 0.3 is 0 Å². The Kier molecular flexibility index (Phi) is 4.41. The molecule has 0 aliphatic carbocycles. The number of hydrogen-bond donors (Lipinski definition) is 2. The van der Waals surface area contributed by atoms with Gasteiger partial charge in [0, 0.05) is 23.7 Å². The maximum absolute atomic E-state index is 11.8. The molecule has 0 unspecified atom stereocenters. The third-order valence-electron chi connectivity index (χ3n) is 2.44. The van der Waals surface area contributed by atoms with Crippen molar-refractivity contribution >= 4 is 29.1 Å². The first kappa shape index (κ1) is 13.4. The molecule has 4 nitrogen and oxygen atoms in total. The predicted molar refractivity (Wildman–Crippen MR) is 76.6 cm³/mol. The molecule has 2 rings (SSSR count). The van der Waals surface area contributed by atoms with E-state index in [1.807, 2.05) is 24.3 Å². The van der Waals surface area contributed by atoms with E-state index in [4.69, 9.17) is 0 Å². The van der Waals surface area contributed by atoms with Gasteiger partial charge in [0.2, 0.25) is 5.91 Å². The lowest BCUT2D eigenvalue weighted by Crippen LogP contribution is -2.05. The van der Waals surface area contributed by atoms with Crippen molar-refractivity contribution in [2.75, 3.05) is 11.1 Å². The number of carbonyl (C=O) groups excluding carboxylic acids is 2. The summed E-state index contributed by atoms with van der Waals surface area (Å²) in [5.74, 6) is 0.364. The molecule has 1 aromatic heterocycles. The number of amides is 1. The summed E-state index contributed by atoms with van der Waals surface area (Å²) in [5.41, 5.74) is 1.38. The minimum absolute atomic E-state index is 0.0703. The fraction of sp³-hybridized carbons (Fsp3) is 0.143. The van der Waals surface area contributed by atoms with Crippen molar-refractivity contribution in [2.45, 2.75) is 11.8 Å². The molecule has 2 aromatic rings. The van der Waals surface area contributed by atoms with Gasteiger partial charge in [-0.25, -0.2) is 0 Å². The van der Waals surface area contributed by atoms with Gasteiger partial charge < -0.3 is 10.3 Å². The quantitative estimate of drug-likeness (QED) is 0.651. The van der Waals surface area contributed by atoms with Gasteiger partial charge in [-0.2, -0.15) is 0 Å². The second kappa shape index (κ2) is 6.24. The van der Waals surface area contributed by atoms with E-state index in [0.29, 0.717) is 11.4 Å². The van der Waals surface area contributed by atoms with Gasteiger partial charge in [0.25, 0.3) is 0 Å². The largest absolute Gasteiger partial charge is 0.359 e. The average molecular weight is 274 g/mol. The highest BCUT2D eigenvalue weighted by Gasteiger charge is 2.07. The first-order valence-electron chi connectivity index (χ1n) is 5.82. The number of anilines is 1. The Hall–Kier alpha value is -2.01. The van der Waals surface area contributed by atoms with Crippen LogP contribution in [0.2, 0.25) is 0 Å². The molecule has 0 radical (unpaired) electrons. The molecule has 1 aromatic carbocycles. The average Bonchev–Trinajstić information content (AvgIpc) is 2.91. The van der Waals surface area contributed by atoms with Gasteiger partial charge in [-0.3, -0.25) is 9.59 Å². The minimum atomic E-state index is -0.0951. The number of ketones is 1. The van der Waals surface area contributed by atoms with Gasteiger partial charge in [0.05, 0.1) is 11.4 Å². The summed E-state index contributed by atoms with van der Waals surface area (Å²) in [5, 5.41) is 2.70. The fourth-order valence-electron chi connectivity index (χ4n) is 1.57. The Bertz CT molecular complexity index is 562. The minimum Gasteiger partial charge on any atom is -0.359 e. The predicted octanol–water partition coefficient (Wildman–Crippen LogP) is 2.95. The maximum atomic E-state index is 11.8. The van der Waals surface area contributed by atoms with Gasteiger partial charge in [-0.05, 0) is 36.4 Å². The van der Waals surface area contributed by atoms with Crippen LogP contribution in [0.15, 0.2) is 47.5 Å². The SMILES string of the molecule is CC(=O)Nc1ccc(SCC(=O)c2ccc[nH]2)cc1. The molecule has 19 heavy (non-hydrogen) atoms. The molecule has 1 heterocycles. The fourth-order valence-corrected chi connectivity index (χ4v) is 2.35. The van der Waals surface area contributed by atoms with Gasteiger partial charge in [-0.1, -0.05) is 0 Å². The van der Waals surface area contributed by atoms with Crippen molar-refractivity contribution < 1.29 is 9.59 Å². The van der Waals surface area contributed by atoms with Gasteiger partial charge in [-0.15, -0.1) is 11.8 Å². The highest BCUT2D eigenvalue weighted by molar-refractivity contribution is 8.00. The first-order valence-corrected chi connectivity index (χ1v) is 6.81. The normalized spacial score (nSPS) is 10.2. The summed E-state index contributed by atoms with van der Waals surface area (Å²) in [6.07, 6.45) is 1.74. The Morgan fingerprint density at radius 2 is 1.95 bits per heavy atom. The molecule has 0 atom stereocenters. The summed E-state index contributed by atoms with van der Waals surface area (Å²) in [6.45, 7) is 1.47. The van der Waals surface area contributed by atoms with Crippen LogP contribution in [0.4, 0.5) is 5.69 Å². The molecule has 0 bridgehead atoms. The van der Waals surface area contributed by atoms with E-state index >= 15 is 0 Å². The van der Waals surface area contributed by atoms with Crippen LogP contribution in [0, 0.1) is 0 Å². The monoisotopic (exact) mass is 274 g/mol. The van der Waals surface area contributed by atoms with Gasteiger partial charge in [0.1, 0.15) is 0 Å². The highest BCUT2D eigenvalue weighted by atomic mass is 32.2. The Morgan fingerprint density at radius 1 is 1.21 bits per heavy atom. The molecule has 2 N–H and O–H groups in total. The number of benzene rings is 1. The molecule has 0 saturated carbocycles. The lowest BCUT2D eigenvalue weighted by atomic mass is 10.3. The molecule has 0 saturated heterocycles. The standard InChI is InChI=1S/C14H14N2O2S/c1-10(17)16-11-4-6-12(7-5-11)19-9-14(18)13-3-2-8-15-13/h2-8,15H,9H2,1H3,(H,16,17). The highest BCUT2D eigenvalue weighted by Crippen LogP contribution is 2.21. The summed E-state index contributed by atoms with van der Waals surface area (Å²) >= 11 is 1.47. The van der Waals surface area contributed by atoms with Crippen molar-refractivity contribution in [3.8, 4) is 0 Å². The van der Waals surface area contributed by atoms with Crippen LogP contribution >= 0.6 is 11.8 Å². The molecule has 98 valence electrons. The van der Waals surface area contributed by atoms with Crippen LogP contribution < -0.4 is 5.32 Å². The number of hydrogen-bond acceptors (Lipinski definition) is 3. The summed E-state index contributed by atoms with van der Waals surface area (Å²) in [4.78, 5) is 26.6. The third-order valence-corrected chi connectivity index (χ3v) is 3.45. The molecular weight excluding hydrogens is 260 g/mol. The maximum Gasteiger partial charge on any atom is 0.221 e. The van der Waals surface area contributed by atoms with E-state index in [-0.39, 0.29) is 11.7 Å². The molecule has 0 aliphatic rings. The molecule has 5 heteroatoms. The number of thioether (sulfide) groups is 1. The van der Waals surface area contributed by atoms with Crippen molar-refractivity contribution in [3.05, 3.63) is 48.3 Å². The molecule has 0 fully saturated rings. The van der Waals surface area contributed by atoms with Crippen LogP contribution in [0.3, 0.4) is 0 Å². The van der Waals surface area contributed by atoms with Crippen LogP contribution in [0.1, 0.15) is 17.4 Å². The molecular formula is C14H14N2O2S. The third kappa shape index (κ3) is 3.99. The summed E-state index contributed by atoms with van der Waals surface area (Å²) in [7, 11) is 0. The molecule has 0 aliphatic heterocycles. The van der Waals surface area contributed by atoms with Crippen molar-refractivity contribution in [3.63, 3.8) is 0 Å². The van der Waals surface area contributed by atoms with E-state index < -0.39 is 0 Å². The Morgan fingerprint density at radius 3 is 2.53 bits per heavy atom. The Balaban J connectivity index is 1.89. The van der Waals surface area contributed by atoms with E-state index in [9.17, 15) is 9.59 Å². The number of H-pyrrole nitrogens is 1. The number of aromatic amines is 1. The van der Waals surface area contributed by atoms with E-state index in [2.05, 4.69) is 10.3 Å². The smallest absolute Gasteiger partial charge is 0.221 e. The Labute approximate surface area is 115 Å². The number of rotatable bonds is 5. The van der Waals surface area contributed by atoms with E-state index in [0.717, 1.165) is 10.6 Å². The first-order chi connectivity index (χ1) is 9.15. The number of nitrogens with one attached hydrogen (secondary N) is 2. The van der Waals surface area contributed by atoms with Gasteiger partial charge in [0.15, 0.2) is 5.78 Å². The van der Waals surface area contributed by atoms with Crippen molar-refractivity contribution in [2.24, 2.45) is 0 Å². The zero-order valence-corrected chi connectivity index (χ0v) is 11.3. The molecule has 0 spiro atoms. The van der Waals surface area contributed by atoms with Crippen LogP contribution in [0.25, 0.3) is 0 Å². The zero-order valence-electron chi connectivity index (χ0n) is 10.5. The lowest BCUT2D eigenvalue weighted by molar-refractivity contribution is -0.114. The lowest BCUT2D eigenvalue weighted by Gasteiger charge is -2.04. The number of aromatic nitrogens is 1. The van der Waals surface area contributed by atoms with Crippen molar-refractivity contribution in [1.29, 1.82) is 0 Å². The topological polar surface area (TPSA) is 62.0 Å². The second-order valence-corrected chi connectivity index (χ2v) is 5.05. The van der Waals surface area contributed by atoms with E-state index in [1.54, 1.807) is 18.3 Å². The van der Waals surface area contributed by atoms with E-state index in [1.165, 1.54) is 18.7 Å². The van der Waals surface area contributed by atoms with Crippen LogP contribution in [-0.4, -0.2) is 22.4 Å². The number of carbonyl (C=O) groups is 2. The summed E-state index contributed by atoms with van der Waals surface area (Å²) in [6, 6.07) is 11.0. The summed E-state index contributed by atoms with van der Waals surface area (Å²) < 4.78 is 0. The van der Waals surface area contributed by atoms with Crippen LogP contribution in [-0.2, 0) is 4.79 Å². The second-order valence-electron chi connectivity index (χ2n) is 4.00. The molecule has 1 amide bonds. The van der Waals surface area contributed by atoms with Crippen molar-refractivity contribution in [1.82, 2.24) is 4.98 Å². The van der Waals surface area contributed by atoms with Crippen LogP contribution in [0.5, 0.6) is 0 Å². The zero-order chi connectivity index (χ0) is 13.7.